The molecule has 1 aromatic rings. The highest BCUT2D eigenvalue weighted by Gasteiger charge is 2.18. The first-order valence-electron chi connectivity index (χ1n) is 4.35. The molecule has 1 unspecified atom stereocenters. The van der Waals surface area contributed by atoms with Gasteiger partial charge in [-0.25, -0.2) is 0 Å². The Morgan fingerprint density at radius 3 is 3.55 bits per heavy atom. The third-order valence-corrected chi connectivity index (χ3v) is 2.52. The van der Waals surface area contributed by atoms with E-state index >= 15 is 0 Å². The van der Waals surface area contributed by atoms with Gasteiger partial charge in [-0.3, -0.25) is 4.68 Å². The van der Waals surface area contributed by atoms with Crippen molar-refractivity contribution in [1.29, 1.82) is 0 Å². The van der Waals surface area contributed by atoms with Crippen molar-refractivity contribution in [2.24, 2.45) is 0 Å². The molecule has 0 saturated carbocycles. The smallest absolute Gasteiger partial charge is 0.113 e. The summed E-state index contributed by atoms with van der Waals surface area (Å²) in [7, 11) is 0. The molecule has 0 saturated heterocycles. The molecule has 59 valence electrons. The highest BCUT2D eigenvalue weighted by molar-refractivity contribution is 5.08. The van der Waals surface area contributed by atoms with Crippen LogP contribution in [0.1, 0.15) is 37.8 Å². The van der Waals surface area contributed by atoms with Crippen LogP contribution in [0.15, 0.2) is 6.07 Å². The van der Waals surface area contributed by atoms with Crippen LogP contribution in [-0.2, 0) is 6.54 Å². The quantitative estimate of drug-likeness (QED) is 0.597. The fourth-order valence-electron chi connectivity index (χ4n) is 1.85. The Labute approximate surface area is 67.2 Å². The lowest BCUT2D eigenvalue weighted by atomic mass is 9.94. The van der Waals surface area contributed by atoms with E-state index in [1.807, 2.05) is 6.07 Å². The van der Waals surface area contributed by atoms with Crippen LogP contribution in [0.2, 0.25) is 0 Å². The molecule has 11 heavy (non-hydrogen) atoms. The highest BCUT2D eigenvalue weighted by atomic mass is 15.3. The first-order chi connectivity index (χ1) is 5.42. The molecule has 2 rings (SSSR count). The van der Waals surface area contributed by atoms with Gasteiger partial charge in [0.05, 0.1) is 0 Å². The molecular formula is C9H13N2. The van der Waals surface area contributed by atoms with Crippen molar-refractivity contribution in [3.05, 3.63) is 18.0 Å². The number of rotatable bonds is 1. The largest absolute Gasteiger partial charge is 0.269 e. The van der Waals surface area contributed by atoms with E-state index < -0.39 is 0 Å². The van der Waals surface area contributed by atoms with E-state index in [1.165, 1.54) is 25.0 Å². The van der Waals surface area contributed by atoms with Crippen molar-refractivity contribution in [1.82, 2.24) is 9.78 Å². The minimum Gasteiger partial charge on any atom is -0.269 e. The standard InChI is InChI=1S/C9H13N2/c1-2-8-4-3-7-11-9(8)5-6-10-11/h5,8H,2-4,7H2,1H3. The summed E-state index contributed by atoms with van der Waals surface area (Å²) < 4.78 is 2.09. The summed E-state index contributed by atoms with van der Waals surface area (Å²) in [4.78, 5) is 0. The minimum absolute atomic E-state index is 0.738. The van der Waals surface area contributed by atoms with Gasteiger partial charge < -0.3 is 0 Å². The van der Waals surface area contributed by atoms with Gasteiger partial charge in [-0.15, -0.1) is 0 Å². The molecule has 1 aromatic heterocycles. The van der Waals surface area contributed by atoms with Crippen LogP contribution in [0, 0.1) is 6.20 Å². The van der Waals surface area contributed by atoms with Crippen LogP contribution < -0.4 is 0 Å². The molecular weight excluding hydrogens is 136 g/mol. The van der Waals surface area contributed by atoms with Gasteiger partial charge in [0, 0.05) is 18.2 Å². The SMILES string of the molecule is CCC1CCCn2n[c]cc21. The number of hydrogen-bond acceptors (Lipinski definition) is 1. The second-order valence-corrected chi connectivity index (χ2v) is 3.17. The van der Waals surface area contributed by atoms with E-state index in [4.69, 9.17) is 0 Å². The fourth-order valence-corrected chi connectivity index (χ4v) is 1.85. The maximum Gasteiger partial charge on any atom is 0.113 e. The van der Waals surface area contributed by atoms with E-state index in [1.54, 1.807) is 0 Å². The Balaban J connectivity index is 2.32. The van der Waals surface area contributed by atoms with Crippen LogP contribution >= 0.6 is 0 Å². The summed E-state index contributed by atoms with van der Waals surface area (Å²) in [6.45, 7) is 3.34. The third-order valence-electron chi connectivity index (χ3n) is 2.52. The van der Waals surface area contributed by atoms with Crippen molar-refractivity contribution in [2.75, 3.05) is 0 Å². The molecule has 1 aliphatic heterocycles. The van der Waals surface area contributed by atoms with Crippen molar-refractivity contribution in [3.8, 4) is 0 Å². The maximum absolute atomic E-state index is 4.15. The highest BCUT2D eigenvalue weighted by Crippen LogP contribution is 2.28. The molecule has 1 atom stereocenters. The van der Waals surface area contributed by atoms with E-state index in [9.17, 15) is 0 Å². The average Bonchev–Trinajstić information content (AvgIpc) is 2.50. The molecule has 0 spiro atoms. The Hall–Kier alpha value is -0.790. The van der Waals surface area contributed by atoms with Crippen molar-refractivity contribution < 1.29 is 0 Å². The molecule has 0 N–H and O–H groups in total. The molecule has 2 nitrogen and oxygen atoms in total. The van der Waals surface area contributed by atoms with E-state index in [0.717, 1.165) is 12.5 Å². The molecule has 0 aromatic carbocycles. The lowest BCUT2D eigenvalue weighted by Gasteiger charge is -2.21. The number of nitrogens with zero attached hydrogens (tertiary/aromatic N) is 2. The van der Waals surface area contributed by atoms with Gasteiger partial charge in [0.2, 0.25) is 0 Å². The van der Waals surface area contributed by atoms with E-state index in [2.05, 4.69) is 22.9 Å². The zero-order chi connectivity index (χ0) is 7.68. The Morgan fingerprint density at radius 1 is 1.82 bits per heavy atom. The topological polar surface area (TPSA) is 17.8 Å². The first kappa shape index (κ1) is 6.89. The second kappa shape index (κ2) is 2.68. The van der Waals surface area contributed by atoms with Crippen LogP contribution in [0.4, 0.5) is 0 Å². The Bertz CT molecular complexity index is 239. The van der Waals surface area contributed by atoms with Crippen LogP contribution in [-0.4, -0.2) is 9.78 Å². The van der Waals surface area contributed by atoms with Gasteiger partial charge in [0.15, 0.2) is 0 Å². The number of hydrogen-bond donors (Lipinski definition) is 0. The van der Waals surface area contributed by atoms with Gasteiger partial charge in [-0.05, 0) is 25.3 Å². The summed E-state index contributed by atoms with van der Waals surface area (Å²) in [5.41, 5.74) is 1.39. The minimum atomic E-state index is 0.738. The molecule has 0 fully saturated rings. The maximum atomic E-state index is 4.15. The normalized spacial score (nSPS) is 23.2. The Morgan fingerprint density at radius 2 is 2.73 bits per heavy atom. The Kier molecular flexibility index (Phi) is 1.68. The predicted molar refractivity (Wildman–Crippen MR) is 43.3 cm³/mol. The number of aryl methyl sites for hydroxylation is 1. The molecule has 2 heteroatoms. The summed E-state index contributed by atoms with van der Waals surface area (Å²) in [5, 5.41) is 4.15. The zero-order valence-electron chi connectivity index (χ0n) is 6.88. The van der Waals surface area contributed by atoms with E-state index in [-0.39, 0.29) is 0 Å². The average molecular weight is 149 g/mol. The zero-order valence-corrected chi connectivity index (χ0v) is 6.88. The summed E-state index contributed by atoms with van der Waals surface area (Å²) in [5.74, 6) is 0.738. The number of aromatic nitrogens is 2. The van der Waals surface area contributed by atoms with Gasteiger partial charge in [0.25, 0.3) is 0 Å². The van der Waals surface area contributed by atoms with Crippen molar-refractivity contribution in [3.63, 3.8) is 0 Å². The monoisotopic (exact) mass is 149 g/mol. The summed E-state index contributed by atoms with van der Waals surface area (Å²) >= 11 is 0. The van der Waals surface area contributed by atoms with Crippen LogP contribution in [0.3, 0.4) is 0 Å². The van der Waals surface area contributed by atoms with Gasteiger partial charge in [-0.1, -0.05) is 6.92 Å². The lowest BCUT2D eigenvalue weighted by molar-refractivity contribution is 0.416. The van der Waals surface area contributed by atoms with E-state index in [0.29, 0.717) is 0 Å². The van der Waals surface area contributed by atoms with Gasteiger partial charge in [-0.2, -0.15) is 5.10 Å². The van der Waals surface area contributed by atoms with Gasteiger partial charge >= 0.3 is 0 Å². The predicted octanol–water partition coefficient (Wildman–Crippen LogP) is 1.97. The molecule has 1 aliphatic rings. The number of fused-ring (bicyclic) bond motifs is 1. The molecule has 0 amide bonds. The molecule has 0 aliphatic carbocycles. The summed E-state index contributed by atoms with van der Waals surface area (Å²) in [6, 6.07) is 2.04. The molecule has 1 radical (unpaired) electrons. The summed E-state index contributed by atoms with van der Waals surface area (Å²) in [6.07, 6.45) is 6.76. The second-order valence-electron chi connectivity index (χ2n) is 3.17. The lowest BCUT2D eigenvalue weighted by Crippen LogP contribution is -2.15. The fraction of sp³-hybridized carbons (Fsp3) is 0.667. The molecule has 2 heterocycles. The molecule has 0 bridgehead atoms. The van der Waals surface area contributed by atoms with Crippen LogP contribution in [0.25, 0.3) is 0 Å². The van der Waals surface area contributed by atoms with Crippen LogP contribution in [0.5, 0.6) is 0 Å². The third kappa shape index (κ3) is 1.06. The first-order valence-corrected chi connectivity index (χ1v) is 4.35. The van der Waals surface area contributed by atoms with Gasteiger partial charge in [0.1, 0.15) is 6.20 Å². The van der Waals surface area contributed by atoms with Crippen molar-refractivity contribution in [2.45, 2.75) is 38.6 Å². The van der Waals surface area contributed by atoms with Crippen molar-refractivity contribution >= 4 is 0 Å².